The Kier molecular flexibility index (Phi) is 5.27. The van der Waals surface area contributed by atoms with E-state index < -0.39 is 0 Å². The molecule has 0 amide bonds. The largest absolute Gasteiger partial charge is 0.323 e. The maximum atomic E-state index is 6.06. The van der Waals surface area contributed by atoms with Crippen molar-refractivity contribution in [2.45, 2.75) is 25.1 Å². The van der Waals surface area contributed by atoms with Crippen LogP contribution in [0.25, 0.3) is 0 Å². The van der Waals surface area contributed by atoms with Crippen molar-refractivity contribution in [3.05, 3.63) is 33.8 Å². The predicted molar refractivity (Wildman–Crippen MR) is 71.0 cm³/mol. The summed E-state index contributed by atoms with van der Waals surface area (Å²) in [6.45, 7) is 4.30. The topological polar surface area (TPSA) is 26.0 Å². The summed E-state index contributed by atoms with van der Waals surface area (Å²) in [6.07, 6.45) is 0. The van der Waals surface area contributed by atoms with E-state index in [1.165, 1.54) is 0 Å². The third kappa shape index (κ3) is 4.23. The minimum atomic E-state index is -0.0522. The number of halogens is 2. The molecule has 4 heteroatoms. The van der Waals surface area contributed by atoms with Crippen LogP contribution in [0.15, 0.2) is 18.2 Å². The SMILES string of the molecule is CC(C)SCC(N)c1cc(Cl)ccc1Cl. The lowest BCUT2D eigenvalue weighted by Crippen LogP contribution is -2.14. The van der Waals surface area contributed by atoms with Crippen LogP contribution in [-0.2, 0) is 0 Å². The number of hydrogen-bond donors (Lipinski definition) is 1. The molecule has 1 nitrogen and oxygen atoms in total. The molecule has 0 saturated carbocycles. The van der Waals surface area contributed by atoms with E-state index in [1.807, 2.05) is 17.8 Å². The van der Waals surface area contributed by atoms with Crippen LogP contribution in [-0.4, -0.2) is 11.0 Å². The van der Waals surface area contributed by atoms with Crippen molar-refractivity contribution in [1.82, 2.24) is 0 Å². The van der Waals surface area contributed by atoms with Crippen molar-refractivity contribution in [3.63, 3.8) is 0 Å². The lowest BCUT2D eigenvalue weighted by molar-refractivity contribution is 0.829. The number of rotatable bonds is 4. The molecule has 1 unspecified atom stereocenters. The van der Waals surface area contributed by atoms with Gasteiger partial charge in [-0.15, -0.1) is 0 Å². The number of thioether (sulfide) groups is 1. The molecular formula is C11H15Cl2NS. The molecule has 0 aliphatic carbocycles. The molecule has 1 atom stereocenters. The summed E-state index contributed by atoms with van der Waals surface area (Å²) in [4.78, 5) is 0. The van der Waals surface area contributed by atoms with Gasteiger partial charge in [0.15, 0.2) is 0 Å². The van der Waals surface area contributed by atoms with Crippen molar-refractivity contribution in [3.8, 4) is 0 Å². The molecule has 0 aliphatic heterocycles. The maximum absolute atomic E-state index is 6.06. The fraction of sp³-hybridized carbons (Fsp3) is 0.455. The van der Waals surface area contributed by atoms with Gasteiger partial charge in [-0.05, 0) is 29.0 Å². The highest BCUT2D eigenvalue weighted by atomic mass is 35.5. The number of nitrogens with two attached hydrogens (primary N) is 1. The molecule has 0 aromatic heterocycles. The van der Waals surface area contributed by atoms with Crippen molar-refractivity contribution < 1.29 is 0 Å². The Morgan fingerprint density at radius 3 is 2.60 bits per heavy atom. The predicted octanol–water partition coefficient (Wildman–Crippen LogP) is 4.13. The minimum Gasteiger partial charge on any atom is -0.323 e. The first-order valence-electron chi connectivity index (χ1n) is 4.83. The van der Waals surface area contributed by atoms with E-state index in [4.69, 9.17) is 28.9 Å². The van der Waals surface area contributed by atoms with Crippen molar-refractivity contribution in [2.24, 2.45) is 5.73 Å². The Bertz CT molecular complexity index is 328. The molecule has 84 valence electrons. The van der Waals surface area contributed by atoms with Crippen molar-refractivity contribution in [1.29, 1.82) is 0 Å². The molecule has 0 bridgehead atoms. The van der Waals surface area contributed by atoms with Crippen LogP contribution in [0.4, 0.5) is 0 Å². The molecule has 0 aliphatic rings. The Balaban J connectivity index is 2.72. The van der Waals surface area contributed by atoms with Crippen LogP contribution in [0.2, 0.25) is 10.0 Å². The first-order valence-corrected chi connectivity index (χ1v) is 6.63. The summed E-state index contributed by atoms with van der Waals surface area (Å²) in [7, 11) is 0. The van der Waals surface area contributed by atoms with Gasteiger partial charge in [-0.3, -0.25) is 0 Å². The maximum Gasteiger partial charge on any atom is 0.0455 e. The van der Waals surface area contributed by atoms with E-state index in [0.717, 1.165) is 11.3 Å². The monoisotopic (exact) mass is 263 g/mol. The highest BCUT2D eigenvalue weighted by Gasteiger charge is 2.11. The second-order valence-corrected chi connectivity index (χ2v) is 6.11. The molecule has 0 radical (unpaired) electrons. The molecule has 0 spiro atoms. The Labute approximate surface area is 105 Å². The van der Waals surface area contributed by atoms with Crippen LogP contribution >= 0.6 is 35.0 Å². The molecule has 0 heterocycles. The average Bonchev–Trinajstić information content (AvgIpc) is 2.18. The quantitative estimate of drug-likeness (QED) is 0.884. The third-order valence-corrected chi connectivity index (χ3v) is 3.76. The molecule has 1 aromatic carbocycles. The van der Waals surface area contributed by atoms with Gasteiger partial charge in [-0.1, -0.05) is 37.0 Å². The van der Waals surface area contributed by atoms with Crippen LogP contribution < -0.4 is 5.73 Å². The zero-order chi connectivity index (χ0) is 11.4. The van der Waals surface area contributed by atoms with E-state index in [2.05, 4.69) is 13.8 Å². The van der Waals surface area contributed by atoms with Crippen molar-refractivity contribution >= 4 is 35.0 Å². The van der Waals surface area contributed by atoms with Gasteiger partial charge in [0.05, 0.1) is 0 Å². The van der Waals surface area contributed by atoms with Gasteiger partial charge in [-0.2, -0.15) is 11.8 Å². The minimum absolute atomic E-state index is 0.0522. The van der Waals surface area contributed by atoms with E-state index in [0.29, 0.717) is 15.3 Å². The van der Waals surface area contributed by atoms with Gasteiger partial charge in [0.2, 0.25) is 0 Å². The zero-order valence-corrected chi connectivity index (χ0v) is 11.2. The summed E-state index contributed by atoms with van der Waals surface area (Å²) in [6, 6.07) is 5.35. The van der Waals surface area contributed by atoms with E-state index in [9.17, 15) is 0 Å². The molecule has 15 heavy (non-hydrogen) atoms. The van der Waals surface area contributed by atoms with Gasteiger partial charge >= 0.3 is 0 Å². The smallest absolute Gasteiger partial charge is 0.0455 e. The normalized spacial score (nSPS) is 13.2. The highest BCUT2D eigenvalue weighted by molar-refractivity contribution is 7.99. The lowest BCUT2D eigenvalue weighted by atomic mass is 10.1. The van der Waals surface area contributed by atoms with E-state index >= 15 is 0 Å². The van der Waals surface area contributed by atoms with Crippen LogP contribution in [0.1, 0.15) is 25.5 Å². The summed E-state index contributed by atoms with van der Waals surface area (Å²) >= 11 is 13.8. The standard InChI is InChI=1S/C11H15Cl2NS/c1-7(2)15-6-11(14)9-5-8(12)3-4-10(9)13/h3-5,7,11H,6,14H2,1-2H3. The summed E-state index contributed by atoms with van der Waals surface area (Å²) < 4.78 is 0. The second kappa shape index (κ2) is 6.00. The van der Waals surface area contributed by atoms with Gasteiger partial charge in [0, 0.05) is 21.8 Å². The average molecular weight is 264 g/mol. The fourth-order valence-electron chi connectivity index (χ4n) is 1.18. The molecule has 0 saturated heterocycles. The first kappa shape index (κ1) is 13.2. The summed E-state index contributed by atoms with van der Waals surface area (Å²) in [5, 5.41) is 1.95. The Morgan fingerprint density at radius 1 is 1.33 bits per heavy atom. The molecule has 0 fully saturated rings. The zero-order valence-electron chi connectivity index (χ0n) is 8.84. The fourth-order valence-corrected chi connectivity index (χ4v) is 2.39. The molecule has 1 aromatic rings. The number of benzene rings is 1. The van der Waals surface area contributed by atoms with Crippen LogP contribution in [0, 0.1) is 0 Å². The second-order valence-electron chi connectivity index (χ2n) is 3.65. The highest BCUT2D eigenvalue weighted by Crippen LogP contribution is 2.27. The van der Waals surface area contributed by atoms with Crippen LogP contribution in [0.5, 0.6) is 0 Å². The first-order chi connectivity index (χ1) is 7.00. The van der Waals surface area contributed by atoms with E-state index in [1.54, 1.807) is 12.1 Å². The Morgan fingerprint density at radius 2 is 2.00 bits per heavy atom. The van der Waals surface area contributed by atoms with Gasteiger partial charge in [-0.25, -0.2) is 0 Å². The summed E-state index contributed by atoms with van der Waals surface area (Å²) in [5.41, 5.74) is 6.98. The van der Waals surface area contributed by atoms with Gasteiger partial charge in [0.1, 0.15) is 0 Å². The molecular weight excluding hydrogens is 249 g/mol. The van der Waals surface area contributed by atoms with Crippen LogP contribution in [0.3, 0.4) is 0 Å². The lowest BCUT2D eigenvalue weighted by Gasteiger charge is -2.15. The van der Waals surface area contributed by atoms with Gasteiger partial charge < -0.3 is 5.73 Å². The molecule has 2 N–H and O–H groups in total. The number of hydrogen-bond acceptors (Lipinski definition) is 2. The summed E-state index contributed by atoms with van der Waals surface area (Å²) in [5.74, 6) is 0.859. The van der Waals surface area contributed by atoms with Gasteiger partial charge in [0.25, 0.3) is 0 Å². The third-order valence-electron chi connectivity index (χ3n) is 1.97. The molecule has 1 rings (SSSR count). The Hall–Kier alpha value is 0.110. The van der Waals surface area contributed by atoms with Crippen molar-refractivity contribution in [2.75, 3.05) is 5.75 Å². The van der Waals surface area contributed by atoms with E-state index in [-0.39, 0.29) is 6.04 Å².